The predicted octanol–water partition coefficient (Wildman–Crippen LogP) is 6.36. The molecule has 2 fully saturated rings. The predicted molar refractivity (Wildman–Crippen MR) is 91.6 cm³/mol. The van der Waals surface area contributed by atoms with Crippen LogP contribution in [0.15, 0.2) is 0 Å². The molecule has 0 radical (unpaired) electrons. The molecule has 0 amide bonds. The first kappa shape index (κ1) is 17.3. The highest BCUT2D eigenvalue weighted by molar-refractivity contribution is 4.82. The van der Waals surface area contributed by atoms with Gasteiger partial charge in [-0.05, 0) is 62.7 Å². The molecule has 0 atom stereocenters. The third-order valence-electron chi connectivity index (χ3n) is 6.09. The minimum Gasteiger partial charge on any atom is -0.378 e. The molecule has 0 unspecified atom stereocenters. The summed E-state index contributed by atoms with van der Waals surface area (Å²) in [5.74, 6) is 3.15. The lowest BCUT2D eigenvalue weighted by Gasteiger charge is -2.37. The largest absolute Gasteiger partial charge is 0.378 e. The molecule has 2 rings (SSSR count). The van der Waals surface area contributed by atoms with E-state index in [4.69, 9.17) is 4.74 Å². The van der Waals surface area contributed by atoms with Gasteiger partial charge in [0.2, 0.25) is 0 Å². The van der Waals surface area contributed by atoms with Gasteiger partial charge in [-0.3, -0.25) is 0 Å². The molecule has 0 aromatic rings. The van der Waals surface area contributed by atoms with Gasteiger partial charge in [0, 0.05) is 6.61 Å². The summed E-state index contributed by atoms with van der Waals surface area (Å²) in [6.07, 6.45) is 19.1. The van der Waals surface area contributed by atoms with Crippen molar-refractivity contribution in [3.63, 3.8) is 0 Å². The monoisotopic (exact) mass is 294 g/mol. The van der Waals surface area contributed by atoms with Gasteiger partial charge in [0.05, 0.1) is 6.10 Å². The van der Waals surface area contributed by atoms with E-state index in [2.05, 4.69) is 13.8 Å². The second-order valence-corrected chi connectivity index (χ2v) is 7.68. The Morgan fingerprint density at radius 3 is 1.86 bits per heavy atom. The van der Waals surface area contributed by atoms with E-state index in [0.29, 0.717) is 6.10 Å². The van der Waals surface area contributed by atoms with Gasteiger partial charge < -0.3 is 4.74 Å². The summed E-state index contributed by atoms with van der Waals surface area (Å²) in [5.41, 5.74) is 0. The quantitative estimate of drug-likeness (QED) is 0.473. The minimum absolute atomic E-state index is 0.591. The van der Waals surface area contributed by atoms with Crippen molar-refractivity contribution >= 4 is 0 Å². The Morgan fingerprint density at radius 2 is 1.29 bits per heavy atom. The van der Waals surface area contributed by atoms with Crippen molar-refractivity contribution in [3.8, 4) is 0 Å². The Bertz CT molecular complexity index is 247. The van der Waals surface area contributed by atoms with Crippen LogP contribution < -0.4 is 0 Å². The van der Waals surface area contributed by atoms with Crippen LogP contribution in [-0.2, 0) is 4.74 Å². The van der Waals surface area contributed by atoms with Crippen LogP contribution in [0.25, 0.3) is 0 Å². The van der Waals surface area contributed by atoms with Crippen LogP contribution in [0.3, 0.4) is 0 Å². The first-order valence-corrected chi connectivity index (χ1v) is 9.95. The van der Waals surface area contributed by atoms with E-state index < -0.39 is 0 Å². The van der Waals surface area contributed by atoms with Gasteiger partial charge >= 0.3 is 0 Å². The highest BCUT2D eigenvalue weighted by atomic mass is 16.5. The average molecular weight is 295 g/mol. The second-order valence-electron chi connectivity index (χ2n) is 7.68. The van der Waals surface area contributed by atoms with Crippen molar-refractivity contribution in [2.45, 2.75) is 103 Å². The van der Waals surface area contributed by atoms with Crippen LogP contribution in [0.5, 0.6) is 0 Å². The van der Waals surface area contributed by atoms with Crippen molar-refractivity contribution in [1.29, 1.82) is 0 Å². The van der Waals surface area contributed by atoms with Crippen LogP contribution in [0, 0.1) is 17.8 Å². The summed E-state index contributed by atoms with van der Waals surface area (Å²) in [7, 11) is 0. The van der Waals surface area contributed by atoms with E-state index in [0.717, 1.165) is 24.4 Å². The number of unbranched alkanes of at least 4 members (excludes halogenated alkanes) is 2. The van der Waals surface area contributed by atoms with Crippen molar-refractivity contribution in [3.05, 3.63) is 0 Å². The van der Waals surface area contributed by atoms with E-state index in [1.807, 2.05) is 0 Å². The van der Waals surface area contributed by atoms with E-state index in [1.54, 1.807) is 0 Å². The topological polar surface area (TPSA) is 9.23 Å². The Balaban J connectivity index is 1.60. The maximum atomic E-state index is 6.02. The van der Waals surface area contributed by atoms with Gasteiger partial charge in [-0.1, -0.05) is 52.4 Å². The molecular weight excluding hydrogens is 256 g/mol. The zero-order chi connectivity index (χ0) is 14.9. The number of hydrogen-bond donors (Lipinski definition) is 0. The third kappa shape index (κ3) is 5.93. The normalized spacial score (nSPS) is 34.0. The minimum atomic E-state index is 0.591. The van der Waals surface area contributed by atoms with Crippen molar-refractivity contribution in [2.75, 3.05) is 6.61 Å². The van der Waals surface area contributed by atoms with Crippen LogP contribution in [0.2, 0.25) is 0 Å². The molecule has 0 N–H and O–H groups in total. The van der Waals surface area contributed by atoms with Crippen molar-refractivity contribution < 1.29 is 4.74 Å². The Labute approximate surface area is 133 Å². The van der Waals surface area contributed by atoms with Crippen molar-refractivity contribution in [2.24, 2.45) is 17.8 Å². The van der Waals surface area contributed by atoms with Crippen LogP contribution in [-0.4, -0.2) is 12.7 Å². The summed E-state index contributed by atoms with van der Waals surface area (Å²) >= 11 is 0. The van der Waals surface area contributed by atoms with Crippen molar-refractivity contribution in [1.82, 2.24) is 0 Å². The van der Waals surface area contributed by atoms with Crippen LogP contribution >= 0.6 is 0 Å². The molecule has 0 spiro atoms. The third-order valence-corrected chi connectivity index (χ3v) is 6.09. The summed E-state index contributed by atoms with van der Waals surface area (Å²) in [5, 5.41) is 0. The highest BCUT2D eigenvalue weighted by Crippen LogP contribution is 2.41. The molecule has 0 heterocycles. The number of hydrogen-bond acceptors (Lipinski definition) is 1. The molecule has 0 saturated heterocycles. The second kappa shape index (κ2) is 9.87. The van der Waals surface area contributed by atoms with Gasteiger partial charge in [0.25, 0.3) is 0 Å². The Kier molecular flexibility index (Phi) is 8.14. The molecule has 124 valence electrons. The molecule has 1 heteroatoms. The molecule has 2 saturated carbocycles. The molecule has 0 aromatic heterocycles. The first-order valence-electron chi connectivity index (χ1n) is 9.95. The number of ether oxygens (including phenoxy) is 1. The standard InChI is InChI=1S/C20H38O/c1-3-5-7-17-8-10-18(11-9-17)19-12-14-20(15-13-19)21-16-6-4-2/h17-20H,3-16H2,1-2H3. The van der Waals surface area contributed by atoms with E-state index in [1.165, 1.54) is 83.5 Å². The van der Waals surface area contributed by atoms with Gasteiger partial charge in [-0.25, -0.2) is 0 Å². The average Bonchev–Trinajstić information content (AvgIpc) is 2.54. The van der Waals surface area contributed by atoms with Gasteiger partial charge in [-0.15, -0.1) is 0 Å². The molecule has 2 aliphatic carbocycles. The van der Waals surface area contributed by atoms with Crippen LogP contribution in [0.4, 0.5) is 0 Å². The van der Waals surface area contributed by atoms with Crippen LogP contribution in [0.1, 0.15) is 97.3 Å². The summed E-state index contributed by atoms with van der Waals surface area (Å²) in [4.78, 5) is 0. The fraction of sp³-hybridized carbons (Fsp3) is 1.00. The molecule has 1 nitrogen and oxygen atoms in total. The lowest BCUT2D eigenvalue weighted by molar-refractivity contribution is 0.00577. The molecular formula is C20H38O. The zero-order valence-electron chi connectivity index (χ0n) is 14.6. The Hall–Kier alpha value is -0.0400. The summed E-state index contributed by atoms with van der Waals surface area (Å²) in [6.45, 7) is 5.57. The van der Waals surface area contributed by atoms with Gasteiger partial charge in [0.1, 0.15) is 0 Å². The molecule has 0 bridgehead atoms. The molecule has 2 aliphatic rings. The lowest BCUT2D eigenvalue weighted by atomic mass is 9.70. The van der Waals surface area contributed by atoms with E-state index in [9.17, 15) is 0 Å². The maximum Gasteiger partial charge on any atom is 0.0575 e. The first-order chi connectivity index (χ1) is 10.3. The smallest absolute Gasteiger partial charge is 0.0575 e. The highest BCUT2D eigenvalue weighted by Gasteiger charge is 2.30. The molecule has 0 aliphatic heterocycles. The summed E-state index contributed by atoms with van der Waals surface area (Å²) in [6, 6.07) is 0. The van der Waals surface area contributed by atoms with E-state index in [-0.39, 0.29) is 0 Å². The molecule has 0 aromatic carbocycles. The lowest BCUT2D eigenvalue weighted by Crippen LogP contribution is -2.28. The van der Waals surface area contributed by atoms with Gasteiger partial charge in [0.15, 0.2) is 0 Å². The van der Waals surface area contributed by atoms with Gasteiger partial charge in [-0.2, -0.15) is 0 Å². The fourth-order valence-corrected chi connectivity index (χ4v) is 4.56. The number of rotatable bonds is 8. The fourth-order valence-electron chi connectivity index (χ4n) is 4.56. The zero-order valence-corrected chi connectivity index (χ0v) is 14.6. The van der Waals surface area contributed by atoms with E-state index >= 15 is 0 Å². The SMILES string of the molecule is CCCCOC1CCC(C2CCC(CCCC)CC2)CC1. The molecule has 21 heavy (non-hydrogen) atoms. The maximum absolute atomic E-state index is 6.02. The summed E-state index contributed by atoms with van der Waals surface area (Å²) < 4.78 is 6.02. The Morgan fingerprint density at radius 1 is 0.714 bits per heavy atom.